The van der Waals surface area contributed by atoms with Gasteiger partial charge >= 0.3 is 5.97 Å². The molecule has 1 aromatic carbocycles. The first-order valence-electron chi connectivity index (χ1n) is 11.3. The molecule has 7 nitrogen and oxygen atoms in total. The molecule has 3 aromatic rings. The van der Waals surface area contributed by atoms with Gasteiger partial charge in [0.25, 0.3) is 5.89 Å². The SMILES string of the molecule is CCc1cc(-c2nc(-c3cc(C)c(CCC(=O)O)c(CC)c3)no2)cnc1N(CC)CC. The number of nitrogens with zero attached hydrogens (tertiary/aromatic N) is 4. The maximum atomic E-state index is 11.0. The maximum Gasteiger partial charge on any atom is 0.303 e. The molecule has 0 saturated carbocycles. The summed E-state index contributed by atoms with van der Waals surface area (Å²) < 4.78 is 5.59. The number of aryl methyl sites for hydroxylation is 3. The van der Waals surface area contributed by atoms with E-state index in [1.54, 1.807) is 6.20 Å². The van der Waals surface area contributed by atoms with Crippen LogP contribution in [0.2, 0.25) is 0 Å². The molecule has 0 radical (unpaired) electrons. The van der Waals surface area contributed by atoms with Crippen LogP contribution in [0, 0.1) is 6.92 Å². The highest BCUT2D eigenvalue weighted by atomic mass is 16.5. The van der Waals surface area contributed by atoms with E-state index in [4.69, 9.17) is 9.63 Å². The van der Waals surface area contributed by atoms with Gasteiger partial charge < -0.3 is 14.5 Å². The third-order valence-corrected chi connectivity index (χ3v) is 5.85. The zero-order chi connectivity index (χ0) is 23.3. The topological polar surface area (TPSA) is 92.3 Å². The number of carboxylic acids is 1. The van der Waals surface area contributed by atoms with Crippen LogP contribution in [0.3, 0.4) is 0 Å². The molecule has 0 saturated heterocycles. The summed E-state index contributed by atoms with van der Waals surface area (Å²) in [6.07, 6.45) is 4.11. The molecule has 0 fully saturated rings. The molecule has 0 spiro atoms. The minimum absolute atomic E-state index is 0.121. The Morgan fingerprint density at radius 1 is 1.03 bits per heavy atom. The van der Waals surface area contributed by atoms with Crippen LogP contribution in [0.25, 0.3) is 22.8 Å². The van der Waals surface area contributed by atoms with Crippen LogP contribution in [-0.2, 0) is 24.1 Å². The molecule has 0 unspecified atom stereocenters. The lowest BCUT2D eigenvalue weighted by molar-refractivity contribution is -0.136. The van der Waals surface area contributed by atoms with Crippen molar-refractivity contribution < 1.29 is 14.4 Å². The monoisotopic (exact) mass is 436 g/mol. The number of benzene rings is 1. The predicted octanol–water partition coefficient (Wildman–Crippen LogP) is 5.10. The van der Waals surface area contributed by atoms with Gasteiger partial charge in [-0.1, -0.05) is 19.0 Å². The van der Waals surface area contributed by atoms with Gasteiger partial charge in [-0.25, -0.2) is 4.98 Å². The van der Waals surface area contributed by atoms with E-state index in [1.165, 1.54) is 0 Å². The van der Waals surface area contributed by atoms with Crippen molar-refractivity contribution in [1.29, 1.82) is 0 Å². The summed E-state index contributed by atoms with van der Waals surface area (Å²) in [6, 6.07) is 6.12. The zero-order valence-electron chi connectivity index (χ0n) is 19.6. The fraction of sp³-hybridized carbons (Fsp3) is 0.440. The lowest BCUT2D eigenvalue weighted by Gasteiger charge is -2.22. The number of hydrogen-bond acceptors (Lipinski definition) is 6. The van der Waals surface area contributed by atoms with Gasteiger partial charge in [0.05, 0.1) is 5.56 Å². The molecule has 1 N–H and O–H groups in total. The predicted molar refractivity (Wildman–Crippen MR) is 126 cm³/mol. The number of carboxylic acid groups (broad SMARTS) is 1. The van der Waals surface area contributed by atoms with E-state index in [2.05, 4.69) is 53.8 Å². The van der Waals surface area contributed by atoms with Crippen LogP contribution in [0.15, 0.2) is 28.9 Å². The summed E-state index contributed by atoms with van der Waals surface area (Å²) in [4.78, 5) is 22.6. The minimum Gasteiger partial charge on any atom is -0.481 e. The van der Waals surface area contributed by atoms with Gasteiger partial charge in [-0.2, -0.15) is 4.98 Å². The number of anilines is 1. The first-order valence-corrected chi connectivity index (χ1v) is 11.3. The molecule has 0 atom stereocenters. The van der Waals surface area contributed by atoms with Crippen molar-refractivity contribution >= 4 is 11.8 Å². The van der Waals surface area contributed by atoms with Crippen LogP contribution in [-0.4, -0.2) is 39.3 Å². The summed E-state index contributed by atoms with van der Waals surface area (Å²) in [5.74, 6) is 1.18. The molecule has 2 aromatic heterocycles. The third kappa shape index (κ3) is 4.98. The summed E-state index contributed by atoms with van der Waals surface area (Å²) in [7, 11) is 0. The Morgan fingerprint density at radius 3 is 2.34 bits per heavy atom. The Balaban J connectivity index is 1.93. The summed E-state index contributed by atoms with van der Waals surface area (Å²) in [5.41, 5.74) is 6.08. The average Bonchev–Trinajstić information content (AvgIpc) is 3.29. The number of aromatic nitrogens is 3. The number of hydrogen-bond donors (Lipinski definition) is 1. The molecule has 0 amide bonds. The van der Waals surface area contributed by atoms with E-state index in [0.29, 0.717) is 18.1 Å². The minimum atomic E-state index is -0.787. The van der Waals surface area contributed by atoms with Crippen molar-refractivity contribution in [3.05, 3.63) is 46.6 Å². The van der Waals surface area contributed by atoms with Gasteiger partial charge in [-0.3, -0.25) is 4.79 Å². The van der Waals surface area contributed by atoms with E-state index in [1.807, 2.05) is 19.1 Å². The van der Waals surface area contributed by atoms with Crippen molar-refractivity contribution in [3.8, 4) is 22.8 Å². The Hall–Kier alpha value is -3.22. The molecule has 0 aliphatic heterocycles. The molecule has 0 aliphatic rings. The van der Waals surface area contributed by atoms with Gasteiger partial charge in [-0.15, -0.1) is 0 Å². The van der Waals surface area contributed by atoms with Crippen molar-refractivity contribution in [2.24, 2.45) is 0 Å². The van der Waals surface area contributed by atoms with Gasteiger partial charge in [-0.05, 0) is 80.5 Å². The van der Waals surface area contributed by atoms with Crippen molar-refractivity contribution in [3.63, 3.8) is 0 Å². The molecule has 2 heterocycles. The van der Waals surface area contributed by atoms with Crippen molar-refractivity contribution in [2.45, 2.75) is 60.3 Å². The molecule has 3 rings (SSSR count). The van der Waals surface area contributed by atoms with Crippen LogP contribution >= 0.6 is 0 Å². The highest BCUT2D eigenvalue weighted by Gasteiger charge is 2.17. The molecule has 170 valence electrons. The van der Waals surface area contributed by atoms with Crippen molar-refractivity contribution in [1.82, 2.24) is 15.1 Å². The molecule has 0 bridgehead atoms. The standard InChI is InChI=1S/C25H32N4O3/c1-6-17-13-19(12-16(5)21(17)10-11-22(30)31)23-27-25(32-28-23)20-14-18(7-2)24(26-15-20)29(8-3)9-4/h12-15H,6-11H2,1-5H3,(H,30,31). The van der Waals surface area contributed by atoms with Crippen LogP contribution < -0.4 is 4.90 Å². The summed E-state index contributed by atoms with van der Waals surface area (Å²) in [6.45, 7) is 12.3. The molecular formula is C25H32N4O3. The molecule has 32 heavy (non-hydrogen) atoms. The smallest absolute Gasteiger partial charge is 0.303 e. The first-order chi connectivity index (χ1) is 15.4. The van der Waals surface area contributed by atoms with E-state index in [0.717, 1.165) is 65.1 Å². The lowest BCUT2D eigenvalue weighted by atomic mass is 9.93. The Labute approximate surface area is 189 Å². The first kappa shape index (κ1) is 23.4. The second-order valence-corrected chi connectivity index (χ2v) is 7.83. The second kappa shape index (κ2) is 10.4. The van der Waals surface area contributed by atoms with Gasteiger partial charge in [0, 0.05) is 31.3 Å². The van der Waals surface area contributed by atoms with E-state index < -0.39 is 5.97 Å². The summed E-state index contributed by atoms with van der Waals surface area (Å²) >= 11 is 0. The maximum absolute atomic E-state index is 11.0. The fourth-order valence-corrected chi connectivity index (χ4v) is 4.07. The Kier molecular flexibility index (Phi) is 7.62. The lowest BCUT2D eigenvalue weighted by Crippen LogP contribution is -2.24. The number of carbonyl (C=O) groups is 1. The average molecular weight is 437 g/mol. The zero-order valence-corrected chi connectivity index (χ0v) is 19.6. The molecular weight excluding hydrogens is 404 g/mol. The number of pyridine rings is 1. The van der Waals surface area contributed by atoms with Crippen LogP contribution in [0.1, 0.15) is 56.4 Å². The second-order valence-electron chi connectivity index (χ2n) is 7.83. The fourth-order valence-electron chi connectivity index (χ4n) is 4.07. The quantitative estimate of drug-likeness (QED) is 0.473. The third-order valence-electron chi connectivity index (χ3n) is 5.85. The van der Waals surface area contributed by atoms with Crippen molar-refractivity contribution in [2.75, 3.05) is 18.0 Å². The van der Waals surface area contributed by atoms with Gasteiger partial charge in [0.15, 0.2) is 0 Å². The highest BCUT2D eigenvalue weighted by molar-refractivity contribution is 5.68. The highest BCUT2D eigenvalue weighted by Crippen LogP contribution is 2.29. The number of rotatable bonds is 10. The number of aliphatic carboxylic acids is 1. The van der Waals surface area contributed by atoms with E-state index in [9.17, 15) is 4.79 Å². The van der Waals surface area contributed by atoms with Gasteiger partial charge in [0.1, 0.15) is 5.82 Å². The molecule has 0 aliphatic carbocycles. The Bertz CT molecular complexity index is 1090. The van der Waals surface area contributed by atoms with E-state index >= 15 is 0 Å². The van der Waals surface area contributed by atoms with Gasteiger partial charge in [0.2, 0.25) is 5.82 Å². The van der Waals surface area contributed by atoms with Crippen LogP contribution in [0.5, 0.6) is 0 Å². The largest absolute Gasteiger partial charge is 0.481 e. The Morgan fingerprint density at radius 2 is 1.72 bits per heavy atom. The normalized spacial score (nSPS) is 11.0. The molecule has 7 heteroatoms. The van der Waals surface area contributed by atoms with E-state index in [-0.39, 0.29) is 6.42 Å². The van der Waals surface area contributed by atoms with Crippen LogP contribution in [0.4, 0.5) is 5.82 Å². The summed E-state index contributed by atoms with van der Waals surface area (Å²) in [5, 5.41) is 13.3.